The molecule has 0 spiro atoms. The number of methoxy groups -OCH3 is 1. The number of nitrogens with zero attached hydrogens (tertiary/aromatic N) is 2. The molecule has 2 N–H and O–H groups in total. The lowest BCUT2D eigenvalue weighted by molar-refractivity contribution is -0.153. The van der Waals surface area contributed by atoms with E-state index < -0.39 is 36.2 Å². The molecule has 1 aromatic heterocycles. The summed E-state index contributed by atoms with van der Waals surface area (Å²) in [5, 5.41) is 12.8. The molecule has 0 bridgehead atoms. The number of aromatic nitrogens is 2. The first kappa shape index (κ1) is 21.3. The fourth-order valence-electron chi connectivity index (χ4n) is 3.27. The van der Waals surface area contributed by atoms with Gasteiger partial charge >= 0.3 is 11.7 Å². The van der Waals surface area contributed by atoms with Gasteiger partial charge in [0.25, 0.3) is 0 Å². The molecule has 0 aliphatic carbocycles. The Bertz CT molecular complexity index is 950. The molecule has 2 aromatic rings. The van der Waals surface area contributed by atoms with Gasteiger partial charge in [-0.15, -0.1) is 0 Å². The van der Waals surface area contributed by atoms with Gasteiger partial charge in [-0.2, -0.15) is 4.98 Å². The van der Waals surface area contributed by atoms with Crippen molar-refractivity contribution in [1.82, 2.24) is 9.55 Å². The number of esters is 1. The number of carbonyl (C=O) groups is 1. The van der Waals surface area contributed by atoms with Crippen LogP contribution in [0.3, 0.4) is 0 Å². The Morgan fingerprint density at radius 1 is 1.38 bits per heavy atom. The Morgan fingerprint density at radius 2 is 2.10 bits per heavy atom. The molecule has 0 saturated carbocycles. The van der Waals surface area contributed by atoms with Crippen molar-refractivity contribution in [2.45, 2.75) is 44.8 Å². The molecule has 2 heterocycles. The van der Waals surface area contributed by atoms with Crippen LogP contribution in [0.15, 0.2) is 39.7 Å². The quantitative estimate of drug-likeness (QED) is 0.492. The van der Waals surface area contributed by atoms with Crippen LogP contribution < -0.4 is 11.0 Å². The number of hydrogen-bond acceptors (Lipinski definition) is 8. The lowest BCUT2D eigenvalue weighted by atomic mass is 10.1. The van der Waals surface area contributed by atoms with Gasteiger partial charge in [-0.05, 0) is 34.5 Å². The molecule has 10 heteroatoms. The van der Waals surface area contributed by atoms with Crippen LogP contribution in [0.5, 0.6) is 5.75 Å². The fraction of sp³-hybridized carbons (Fsp3) is 0.421. The molecule has 9 nitrogen and oxygen atoms in total. The van der Waals surface area contributed by atoms with Gasteiger partial charge in [-0.3, -0.25) is 9.36 Å². The maximum Gasteiger partial charge on any atom is 0.351 e. The van der Waals surface area contributed by atoms with E-state index in [2.05, 4.69) is 26.2 Å². The van der Waals surface area contributed by atoms with Crippen LogP contribution in [-0.2, 0) is 19.0 Å². The average molecular weight is 468 g/mol. The molecular formula is C19H22BrN3O6. The number of ether oxygens (including phenoxy) is 3. The molecule has 0 radical (unpaired) electrons. The Labute approximate surface area is 175 Å². The van der Waals surface area contributed by atoms with Gasteiger partial charge in [0.1, 0.15) is 11.9 Å². The minimum Gasteiger partial charge on any atom is -0.506 e. The average Bonchev–Trinajstić information content (AvgIpc) is 3.02. The highest BCUT2D eigenvalue weighted by atomic mass is 79.9. The highest BCUT2D eigenvalue weighted by Crippen LogP contribution is 2.35. The summed E-state index contributed by atoms with van der Waals surface area (Å²) in [7, 11) is 1.47. The zero-order valence-electron chi connectivity index (χ0n) is 16.2. The van der Waals surface area contributed by atoms with Crippen LogP contribution >= 0.6 is 15.9 Å². The second-order valence-corrected chi connectivity index (χ2v) is 7.37. The molecule has 1 aliphatic heterocycles. The van der Waals surface area contributed by atoms with Crippen molar-refractivity contribution >= 4 is 33.4 Å². The predicted molar refractivity (Wildman–Crippen MR) is 108 cm³/mol. The summed E-state index contributed by atoms with van der Waals surface area (Å²) in [6.07, 6.45) is -0.449. The highest BCUT2D eigenvalue weighted by Gasteiger charge is 2.47. The summed E-state index contributed by atoms with van der Waals surface area (Å²) in [5.41, 5.74) is -0.179. The number of phenolic OH excluding ortho intramolecular Hbond substituents is 1. The van der Waals surface area contributed by atoms with Crippen LogP contribution in [0, 0.1) is 0 Å². The normalized spacial score (nSPS) is 23.7. The second-order valence-electron chi connectivity index (χ2n) is 6.52. The minimum atomic E-state index is -0.815. The Balaban J connectivity index is 1.93. The molecule has 0 amide bonds. The number of nitrogens with one attached hydrogen (secondary N) is 1. The number of para-hydroxylation sites is 2. The monoisotopic (exact) mass is 467 g/mol. The molecule has 1 fully saturated rings. The maximum atomic E-state index is 12.7. The van der Waals surface area contributed by atoms with Crippen molar-refractivity contribution in [3.8, 4) is 5.75 Å². The van der Waals surface area contributed by atoms with Crippen molar-refractivity contribution in [3.63, 3.8) is 0 Å². The minimum absolute atomic E-state index is 0.0268. The molecule has 1 aromatic carbocycles. The van der Waals surface area contributed by atoms with Gasteiger partial charge in [0.05, 0.1) is 16.3 Å². The van der Waals surface area contributed by atoms with Crippen LogP contribution in [0.25, 0.3) is 0 Å². The van der Waals surface area contributed by atoms with Crippen LogP contribution in [0.1, 0.15) is 26.5 Å². The van der Waals surface area contributed by atoms with Gasteiger partial charge in [-0.25, -0.2) is 4.79 Å². The highest BCUT2D eigenvalue weighted by molar-refractivity contribution is 9.10. The SMILES string of the molecule is CC[C@H]1O[C@@H](n2cc(Br)c(Nc3ccccc3O)nc2=O)[C@@H](OC)C1OC(C)=O. The zero-order valence-corrected chi connectivity index (χ0v) is 17.8. The molecular weight excluding hydrogens is 446 g/mol. The third kappa shape index (κ3) is 4.44. The van der Waals surface area contributed by atoms with Crippen LogP contribution in [0.4, 0.5) is 11.5 Å². The van der Waals surface area contributed by atoms with E-state index >= 15 is 0 Å². The van der Waals surface area contributed by atoms with E-state index in [4.69, 9.17) is 14.2 Å². The van der Waals surface area contributed by atoms with E-state index in [1.165, 1.54) is 30.9 Å². The number of benzene rings is 1. The number of anilines is 2. The summed E-state index contributed by atoms with van der Waals surface area (Å²) >= 11 is 3.39. The Hall–Kier alpha value is -2.43. The number of halogens is 1. The number of rotatable bonds is 6. The van der Waals surface area contributed by atoms with Gasteiger partial charge in [0.2, 0.25) is 0 Å². The van der Waals surface area contributed by atoms with Gasteiger partial charge < -0.3 is 24.6 Å². The molecule has 3 rings (SSSR count). The van der Waals surface area contributed by atoms with E-state index in [0.29, 0.717) is 16.6 Å². The first-order valence-electron chi connectivity index (χ1n) is 9.04. The van der Waals surface area contributed by atoms with Crippen molar-refractivity contribution in [2.24, 2.45) is 0 Å². The van der Waals surface area contributed by atoms with Crippen LogP contribution in [-0.4, -0.2) is 46.0 Å². The van der Waals surface area contributed by atoms with Crippen molar-refractivity contribution in [2.75, 3.05) is 12.4 Å². The number of phenols is 1. The van der Waals surface area contributed by atoms with E-state index in [9.17, 15) is 14.7 Å². The smallest absolute Gasteiger partial charge is 0.351 e. The van der Waals surface area contributed by atoms with Crippen molar-refractivity contribution < 1.29 is 24.1 Å². The van der Waals surface area contributed by atoms with E-state index in [0.717, 1.165) is 0 Å². The van der Waals surface area contributed by atoms with E-state index in [1.807, 2.05) is 6.92 Å². The third-order valence-electron chi connectivity index (χ3n) is 4.60. The lowest BCUT2D eigenvalue weighted by Crippen LogP contribution is -2.39. The van der Waals surface area contributed by atoms with Gasteiger partial charge in [0, 0.05) is 20.2 Å². The first-order chi connectivity index (χ1) is 13.8. The first-order valence-corrected chi connectivity index (χ1v) is 9.84. The van der Waals surface area contributed by atoms with Gasteiger partial charge in [-0.1, -0.05) is 19.1 Å². The zero-order chi connectivity index (χ0) is 21.1. The van der Waals surface area contributed by atoms with Gasteiger partial charge in [0.15, 0.2) is 18.1 Å². The van der Waals surface area contributed by atoms with E-state index in [-0.39, 0.29) is 11.6 Å². The maximum absolute atomic E-state index is 12.7. The number of aromatic hydroxyl groups is 1. The largest absolute Gasteiger partial charge is 0.506 e. The summed E-state index contributed by atoms with van der Waals surface area (Å²) < 4.78 is 18.6. The standard InChI is InChI=1S/C19H22BrN3O6/c1-4-14-15(28-10(2)24)16(27-3)18(29-14)23-9-11(20)17(22-19(23)26)21-12-7-5-6-8-13(12)25/h5-9,14-16,18,25H,4H2,1-3H3,(H,21,22,26)/t14-,15?,16+,18-/m1/s1. The fourth-order valence-corrected chi connectivity index (χ4v) is 3.68. The van der Waals surface area contributed by atoms with E-state index in [1.54, 1.807) is 18.2 Å². The molecule has 1 saturated heterocycles. The number of carbonyl (C=O) groups excluding carboxylic acids is 1. The molecule has 1 unspecified atom stereocenters. The summed E-state index contributed by atoms with van der Waals surface area (Å²) in [5.74, 6) is -0.184. The second kappa shape index (κ2) is 8.93. The third-order valence-corrected chi connectivity index (χ3v) is 5.18. The molecule has 1 aliphatic rings. The topological polar surface area (TPSA) is 112 Å². The summed E-state index contributed by atoms with van der Waals surface area (Å²) in [6.45, 7) is 3.21. The lowest BCUT2D eigenvalue weighted by Gasteiger charge is -2.23. The summed E-state index contributed by atoms with van der Waals surface area (Å²) in [6, 6.07) is 6.61. The summed E-state index contributed by atoms with van der Waals surface area (Å²) in [4.78, 5) is 28.3. The van der Waals surface area contributed by atoms with Crippen molar-refractivity contribution in [3.05, 3.63) is 45.4 Å². The molecule has 29 heavy (non-hydrogen) atoms. The Morgan fingerprint density at radius 3 is 2.72 bits per heavy atom. The van der Waals surface area contributed by atoms with Crippen LogP contribution in [0.2, 0.25) is 0 Å². The predicted octanol–water partition coefficient (Wildman–Crippen LogP) is 2.71. The number of hydrogen-bond donors (Lipinski definition) is 2. The Kier molecular flexibility index (Phi) is 6.56. The van der Waals surface area contributed by atoms with Crippen molar-refractivity contribution in [1.29, 1.82) is 0 Å². The molecule has 156 valence electrons. The molecule has 4 atom stereocenters.